The summed E-state index contributed by atoms with van der Waals surface area (Å²) in [5, 5.41) is 9.55. The number of anilines is 1. The summed E-state index contributed by atoms with van der Waals surface area (Å²) in [4.78, 5) is 11.6. The fourth-order valence-electron chi connectivity index (χ4n) is 4.07. The second-order valence-corrected chi connectivity index (χ2v) is 5.90. The SMILES string of the molecule is Nc1c(F)cccc1C(C(=O)O)C1CC2CCC1C2. The smallest absolute Gasteiger partial charge is 0.311 e. The van der Waals surface area contributed by atoms with Crippen molar-refractivity contribution < 1.29 is 14.3 Å². The molecule has 0 aliphatic heterocycles. The lowest BCUT2D eigenvalue weighted by Gasteiger charge is -2.28. The van der Waals surface area contributed by atoms with E-state index in [0.29, 0.717) is 17.4 Å². The number of carboxylic acids is 1. The van der Waals surface area contributed by atoms with Gasteiger partial charge in [-0.2, -0.15) is 0 Å². The zero-order valence-corrected chi connectivity index (χ0v) is 10.7. The van der Waals surface area contributed by atoms with Crippen LogP contribution in [0.4, 0.5) is 10.1 Å². The van der Waals surface area contributed by atoms with E-state index in [1.165, 1.54) is 12.5 Å². The van der Waals surface area contributed by atoms with Crippen LogP contribution in [0.15, 0.2) is 18.2 Å². The molecule has 0 aromatic heterocycles. The maximum atomic E-state index is 13.6. The summed E-state index contributed by atoms with van der Waals surface area (Å²) >= 11 is 0. The standard InChI is InChI=1S/C15H18FNO2/c16-12-3-1-2-10(14(12)17)13(15(18)19)11-7-8-4-5-9(11)6-8/h1-3,8-9,11,13H,4-7,17H2,(H,18,19). The van der Waals surface area contributed by atoms with Crippen molar-refractivity contribution in [1.82, 2.24) is 0 Å². The fourth-order valence-corrected chi connectivity index (χ4v) is 4.07. The van der Waals surface area contributed by atoms with Gasteiger partial charge in [-0.05, 0) is 48.6 Å². The highest BCUT2D eigenvalue weighted by Gasteiger charge is 2.46. The van der Waals surface area contributed by atoms with E-state index in [1.807, 2.05) is 0 Å². The van der Waals surface area contributed by atoms with Gasteiger partial charge in [-0.15, -0.1) is 0 Å². The number of hydrogen-bond donors (Lipinski definition) is 2. The van der Waals surface area contributed by atoms with Crippen molar-refractivity contribution in [1.29, 1.82) is 0 Å². The molecule has 4 unspecified atom stereocenters. The number of benzene rings is 1. The lowest BCUT2D eigenvalue weighted by atomic mass is 9.75. The third-order valence-electron chi connectivity index (χ3n) is 4.91. The van der Waals surface area contributed by atoms with Crippen LogP contribution in [0.5, 0.6) is 0 Å². The van der Waals surface area contributed by atoms with E-state index < -0.39 is 17.7 Å². The van der Waals surface area contributed by atoms with Crippen LogP contribution in [0.1, 0.15) is 37.2 Å². The molecule has 1 aromatic rings. The lowest BCUT2D eigenvalue weighted by Crippen LogP contribution is -2.27. The average Bonchev–Trinajstić information content (AvgIpc) is 2.97. The molecule has 2 aliphatic rings. The molecule has 3 N–H and O–H groups in total. The van der Waals surface area contributed by atoms with Crippen molar-refractivity contribution in [3.8, 4) is 0 Å². The van der Waals surface area contributed by atoms with Crippen LogP contribution in [0.3, 0.4) is 0 Å². The summed E-state index contributed by atoms with van der Waals surface area (Å²) in [6.07, 6.45) is 4.39. The Morgan fingerprint density at radius 3 is 2.74 bits per heavy atom. The summed E-state index contributed by atoms with van der Waals surface area (Å²) in [5.41, 5.74) is 6.20. The van der Waals surface area contributed by atoms with E-state index >= 15 is 0 Å². The first kappa shape index (κ1) is 12.5. The predicted octanol–water partition coefficient (Wildman–Crippen LogP) is 3.01. The predicted molar refractivity (Wildman–Crippen MR) is 70.1 cm³/mol. The molecule has 102 valence electrons. The molecular formula is C15H18FNO2. The molecule has 2 bridgehead atoms. The largest absolute Gasteiger partial charge is 0.481 e. The Labute approximate surface area is 111 Å². The van der Waals surface area contributed by atoms with Gasteiger partial charge in [0, 0.05) is 0 Å². The van der Waals surface area contributed by atoms with Crippen molar-refractivity contribution in [2.45, 2.75) is 31.6 Å². The molecule has 3 nitrogen and oxygen atoms in total. The van der Waals surface area contributed by atoms with Crippen LogP contribution in [-0.4, -0.2) is 11.1 Å². The molecular weight excluding hydrogens is 245 g/mol. The van der Waals surface area contributed by atoms with Crippen molar-refractivity contribution in [2.75, 3.05) is 5.73 Å². The molecule has 4 atom stereocenters. The zero-order valence-electron chi connectivity index (χ0n) is 10.7. The van der Waals surface area contributed by atoms with Crippen LogP contribution in [0, 0.1) is 23.6 Å². The van der Waals surface area contributed by atoms with Gasteiger partial charge in [-0.1, -0.05) is 18.6 Å². The highest BCUT2D eigenvalue weighted by atomic mass is 19.1. The maximum Gasteiger partial charge on any atom is 0.311 e. The van der Waals surface area contributed by atoms with Crippen molar-refractivity contribution >= 4 is 11.7 Å². The monoisotopic (exact) mass is 263 g/mol. The number of halogens is 1. The highest BCUT2D eigenvalue weighted by Crippen LogP contribution is 2.53. The molecule has 0 spiro atoms. The Morgan fingerprint density at radius 1 is 1.37 bits per heavy atom. The molecule has 19 heavy (non-hydrogen) atoms. The molecule has 2 saturated carbocycles. The first-order valence-electron chi connectivity index (χ1n) is 6.84. The van der Waals surface area contributed by atoms with Crippen LogP contribution in [0.2, 0.25) is 0 Å². The second kappa shape index (κ2) is 4.51. The van der Waals surface area contributed by atoms with Gasteiger partial charge in [0.15, 0.2) is 0 Å². The summed E-state index contributed by atoms with van der Waals surface area (Å²) in [7, 11) is 0. The third-order valence-corrected chi connectivity index (χ3v) is 4.91. The molecule has 0 amide bonds. The van der Waals surface area contributed by atoms with Crippen LogP contribution in [0.25, 0.3) is 0 Å². The number of nitrogens with two attached hydrogens (primary N) is 1. The van der Waals surface area contributed by atoms with Gasteiger partial charge >= 0.3 is 5.97 Å². The summed E-state index contributed by atoms with van der Waals surface area (Å²) < 4.78 is 13.6. The third kappa shape index (κ3) is 1.99. The Balaban J connectivity index is 1.97. The molecule has 4 heteroatoms. The molecule has 0 saturated heterocycles. The van der Waals surface area contributed by atoms with Crippen LogP contribution in [-0.2, 0) is 4.79 Å². The number of carboxylic acid groups (broad SMARTS) is 1. The number of hydrogen-bond acceptors (Lipinski definition) is 2. The average molecular weight is 263 g/mol. The second-order valence-electron chi connectivity index (χ2n) is 5.90. The minimum atomic E-state index is -0.880. The molecule has 1 aromatic carbocycles. The van der Waals surface area contributed by atoms with Gasteiger partial charge < -0.3 is 10.8 Å². The van der Waals surface area contributed by atoms with Crippen molar-refractivity contribution in [3.63, 3.8) is 0 Å². The number of nitrogen functional groups attached to an aromatic ring is 1. The number of para-hydroxylation sites is 1. The number of fused-ring (bicyclic) bond motifs is 2. The van der Waals surface area contributed by atoms with E-state index in [4.69, 9.17) is 5.73 Å². The molecule has 2 fully saturated rings. The van der Waals surface area contributed by atoms with Gasteiger partial charge in [0.1, 0.15) is 5.82 Å². The summed E-state index contributed by atoms with van der Waals surface area (Å²) in [6.45, 7) is 0. The topological polar surface area (TPSA) is 63.3 Å². The fraction of sp³-hybridized carbons (Fsp3) is 0.533. The number of aliphatic carboxylic acids is 1. The lowest BCUT2D eigenvalue weighted by molar-refractivity contribution is -0.140. The van der Waals surface area contributed by atoms with E-state index in [0.717, 1.165) is 19.3 Å². The van der Waals surface area contributed by atoms with Gasteiger partial charge in [0.25, 0.3) is 0 Å². The quantitative estimate of drug-likeness (QED) is 0.824. The maximum absolute atomic E-state index is 13.6. The van der Waals surface area contributed by atoms with E-state index in [1.54, 1.807) is 12.1 Å². The Bertz CT molecular complexity index is 517. The molecule has 0 radical (unpaired) electrons. The number of carbonyl (C=O) groups is 1. The first-order valence-corrected chi connectivity index (χ1v) is 6.84. The number of rotatable bonds is 3. The first-order chi connectivity index (χ1) is 9.08. The zero-order chi connectivity index (χ0) is 13.6. The summed E-state index contributed by atoms with van der Waals surface area (Å²) in [6, 6.07) is 4.48. The van der Waals surface area contributed by atoms with E-state index in [9.17, 15) is 14.3 Å². The minimum absolute atomic E-state index is 0.00215. The molecule has 0 heterocycles. The van der Waals surface area contributed by atoms with Gasteiger partial charge in [-0.25, -0.2) is 4.39 Å². The Morgan fingerprint density at radius 2 is 2.16 bits per heavy atom. The van der Waals surface area contributed by atoms with E-state index in [2.05, 4.69) is 0 Å². The summed E-state index contributed by atoms with van der Waals surface area (Å²) in [5.74, 6) is -0.825. The minimum Gasteiger partial charge on any atom is -0.481 e. The van der Waals surface area contributed by atoms with E-state index in [-0.39, 0.29) is 11.6 Å². The molecule has 3 rings (SSSR count). The van der Waals surface area contributed by atoms with Crippen molar-refractivity contribution in [2.24, 2.45) is 17.8 Å². The van der Waals surface area contributed by atoms with Crippen LogP contribution < -0.4 is 5.73 Å². The Hall–Kier alpha value is -1.58. The van der Waals surface area contributed by atoms with Gasteiger partial charge in [-0.3, -0.25) is 4.79 Å². The van der Waals surface area contributed by atoms with Crippen LogP contribution >= 0.6 is 0 Å². The van der Waals surface area contributed by atoms with Gasteiger partial charge in [0.2, 0.25) is 0 Å². The molecule has 2 aliphatic carbocycles. The highest BCUT2D eigenvalue weighted by molar-refractivity contribution is 5.79. The Kier molecular flexibility index (Phi) is 2.96. The van der Waals surface area contributed by atoms with Crippen molar-refractivity contribution in [3.05, 3.63) is 29.6 Å². The normalized spacial score (nSPS) is 30.5. The van der Waals surface area contributed by atoms with Gasteiger partial charge in [0.05, 0.1) is 11.6 Å².